The summed E-state index contributed by atoms with van der Waals surface area (Å²) in [5.74, 6) is -0.249. The lowest BCUT2D eigenvalue weighted by molar-refractivity contribution is 0.102. The molecular formula is C24H23N5O2. The van der Waals surface area contributed by atoms with Gasteiger partial charge in [0.1, 0.15) is 11.3 Å². The molecule has 2 aromatic carbocycles. The highest BCUT2D eigenvalue weighted by Crippen LogP contribution is 2.22. The fourth-order valence-corrected chi connectivity index (χ4v) is 3.30. The van der Waals surface area contributed by atoms with E-state index in [1.54, 1.807) is 16.8 Å². The van der Waals surface area contributed by atoms with Crippen LogP contribution in [0.2, 0.25) is 0 Å². The fourth-order valence-electron chi connectivity index (χ4n) is 3.30. The van der Waals surface area contributed by atoms with Crippen LogP contribution in [-0.2, 0) is 0 Å². The number of aromatic nitrogens is 2. The van der Waals surface area contributed by atoms with Gasteiger partial charge >= 0.3 is 6.03 Å². The molecule has 0 aliphatic carbocycles. The predicted molar refractivity (Wildman–Crippen MR) is 121 cm³/mol. The standard InChI is InChI=1S/C24H23N5O2/c1-16-11-12-18(17(2)26-24(31)27-19-8-4-3-5-9-19)14-20(16)28-23(30)21-15-25-22-10-6-7-13-29(21)22/h3-15,17H,1-2H3,(H,28,30)(H2,26,27,31). The number of pyridine rings is 1. The van der Waals surface area contributed by atoms with E-state index in [1.807, 2.05) is 80.6 Å². The van der Waals surface area contributed by atoms with Crippen LogP contribution in [0.15, 0.2) is 79.1 Å². The summed E-state index contributed by atoms with van der Waals surface area (Å²) < 4.78 is 1.74. The number of hydrogen-bond acceptors (Lipinski definition) is 3. The largest absolute Gasteiger partial charge is 0.331 e. The normalized spacial score (nSPS) is 11.7. The first kappa shape index (κ1) is 20.2. The quantitative estimate of drug-likeness (QED) is 0.440. The van der Waals surface area contributed by atoms with Gasteiger partial charge in [-0.1, -0.05) is 36.4 Å². The van der Waals surface area contributed by atoms with Crippen molar-refractivity contribution in [3.63, 3.8) is 0 Å². The van der Waals surface area contributed by atoms with Crippen molar-refractivity contribution in [1.29, 1.82) is 0 Å². The molecule has 4 rings (SSSR count). The second-order valence-electron chi connectivity index (χ2n) is 7.29. The average Bonchev–Trinajstić information content (AvgIpc) is 3.20. The summed E-state index contributed by atoms with van der Waals surface area (Å²) in [5, 5.41) is 8.69. The number of anilines is 2. The van der Waals surface area contributed by atoms with Crippen LogP contribution in [-0.4, -0.2) is 21.3 Å². The number of para-hydroxylation sites is 1. The number of fused-ring (bicyclic) bond motifs is 1. The van der Waals surface area contributed by atoms with E-state index < -0.39 is 0 Å². The predicted octanol–water partition coefficient (Wildman–Crippen LogP) is 4.78. The summed E-state index contributed by atoms with van der Waals surface area (Å²) in [6.07, 6.45) is 3.36. The Labute approximate surface area is 180 Å². The Bertz CT molecular complexity index is 1230. The van der Waals surface area contributed by atoms with E-state index in [9.17, 15) is 9.59 Å². The number of carbonyl (C=O) groups is 2. The van der Waals surface area contributed by atoms with Crippen molar-refractivity contribution in [2.45, 2.75) is 19.9 Å². The Balaban J connectivity index is 1.47. The summed E-state index contributed by atoms with van der Waals surface area (Å²) in [4.78, 5) is 29.4. The van der Waals surface area contributed by atoms with E-state index in [1.165, 1.54) is 0 Å². The minimum atomic E-state index is -0.296. The molecule has 0 bridgehead atoms. The molecule has 0 aliphatic rings. The second kappa shape index (κ2) is 8.71. The zero-order valence-corrected chi connectivity index (χ0v) is 17.3. The van der Waals surface area contributed by atoms with Gasteiger partial charge < -0.3 is 16.0 Å². The van der Waals surface area contributed by atoms with Crippen LogP contribution in [0.4, 0.5) is 16.2 Å². The third kappa shape index (κ3) is 4.56. The molecule has 0 saturated heterocycles. The van der Waals surface area contributed by atoms with Crippen molar-refractivity contribution in [1.82, 2.24) is 14.7 Å². The molecule has 2 aromatic heterocycles. The monoisotopic (exact) mass is 413 g/mol. The minimum Gasteiger partial charge on any atom is -0.331 e. The van der Waals surface area contributed by atoms with E-state index in [2.05, 4.69) is 20.9 Å². The lowest BCUT2D eigenvalue weighted by Crippen LogP contribution is -2.31. The van der Waals surface area contributed by atoms with E-state index in [-0.39, 0.29) is 18.0 Å². The van der Waals surface area contributed by atoms with Crippen molar-refractivity contribution in [3.8, 4) is 0 Å². The first-order chi connectivity index (χ1) is 15.0. The Morgan fingerprint density at radius 2 is 1.74 bits per heavy atom. The number of imidazole rings is 1. The summed E-state index contributed by atoms with van der Waals surface area (Å²) >= 11 is 0. The van der Waals surface area contributed by atoms with E-state index in [0.29, 0.717) is 17.0 Å². The number of nitrogens with one attached hydrogen (secondary N) is 3. The Kier molecular flexibility index (Phi) is 5.66. The van der Waals surface area contributed by atoms with Gasteiger partial charge in [-0.25, -0.2) is 9.78 Å². The molecule has 0 radical (unpaired) electrons. The number of aryl methyl sites for hydroxylation is 1. The third-order valence-electron chi connectivity index (χ3n) is 5.04. The van der Waals surface area contributed by atoms with Crippen molar-refractivity contribution >= 4 is 29.0 Å². The fraction of sp³-hybridized carbons (Fsp3) is 0.125. The molecule has 4 aromatic rings. The van der Waals surface area contributed by atoms with Crippen LogP contribution in [0.1, 0.15) is 34.6 Å². The smallest absolute Gasteiger partial charge is 0.319 e. The number of urea groups is 1. The number of amides is 3. The SMILES string of the molecule is Cc1ccc(C(C)NC(=O)Nc2ccccc2)cc1NC(=O)c1cnc2ccccn12. The molecule has 3 N–H and O–H groups in total. The number of rotatable bonds is 5. The van der Waals surface area contributed by atoms with E-state index >= 15 is 0 Å². The molecule has 0 spiro atoms. The molecule has 0 saturated carbocycles. The zero-order chi connectivity index (χ0) is 21.8. The van der Waals surface area contributed by atoms with Crippen LogP contribution in [0, 0.1) is 6.92 Å². The molecule has 1 unspecified atom stereocenters. The lowest BCUT2D eigenvalue weighted by Gasteiger charge is -2.17. The van der Waals surface area contributed by atoms with Crippen molar-refractivity contribution < 1.29 is 9.59 Å². The van der Waals surface area contributed by atoms with Gasteiger partial charge in [-0.2, -0.15) is 0 Å². The van der Waals surface area contributed by atoms with Gasteiger partial charge in [-0.15, -0.1) is 0 Å². The van der Waals surface area contributed by atoms with Crippen LogP contribution in [0.25, 0.3) is 5.65 Å². The van der Waals surface area contributed by atoms with Crippen LogP contribution >= 0.6 is 0 Å². The summed E-state index contributed by atoms with van der Waals surface area (Å²) in [7, 11) is 0. The highest BCUT2D eigenvalue weighted by molar-refractivity contribution is 6.04. The minimum absolute atomic E-state index is 0.249. The number of benzene rings is 2. The van der Waals surface area contributed by atoms with Crippen LogP contribution in [0.3, 0.4) is 0 Å². The van der Waals surface area contributed by atoms with E-state index in [0.717, 1.165) is 16.8 Å². The molecule has 7 heteroatoms. The van der Waals surface area contributed by atoms with Gasteiger partial charge in [0.2, 0.25) is 0 Å². The molecule has 3 amide bonds. The second-order valence-corrected chi connectivity index (χ2v) is 7.29. The molecule has 7 nitrogen and oxygen atoms in total. The molecule has 0 fully saturated rings. The molecule has 0 aliphatic heterocycles. The van der Waals surface area contributed by atoms with Gasteiger partial charge in [0.05, 0.1) is 12.2 Å². The molecule has 1 atom stereocenters. The summed E-state index contributed by atoms with van der Waals surface area (Å²) in [6.45, 7) is 3.82. The highest BCUT2D eigenvalue weighted by atomic mass is 16.2. The van der Waals surface area contributed by atoms with Gasteiger partial charge in [0, 0.05) is 17.6 Å². The first-order valence-electron chi connectivity index (χ1n) is 9.98. The molecule has 31 heavy (non-hydrogen) atoms. The maximum atomic E-state index is 12.9. The zero-order valence-electron chi connectivity index (χ0n) is 17.3. The summed E-state index contributed by atoms with van der Waals surface area (Å²) in [6, 6.07) is 20.0. The molecular weight excluding hydrogens is 390 g/mol. The maximum absolute atomic E-state index is 12.9. The van der Waals surface area contributed by atoms with E-state index in [4.69, 9.17) is 0 Å². The number of hydrogen-bond donors (Lipinski definition) is 3. The first-order valence-corrected chi connectivity index (χ1v) is 9.98. The third-order valence-corrected chi connectivity index (χ3v) is 5.04. The van der Waals surface area contributed by atoms with Gasteiger partial charge in [0.25, 0.3) is 5.91 Å². The molecule has 2 heterocycles. The van der Waals surface area contributed by atoms with Gasteiger partial charge in [0.15, 0.2) is 0 Å². The lowest BCUT2D eigenvalue weighted by atomic mass is 10.0. The summed E-state index contributed by atoms with van der Waals surface area (Å²) in [5.41, 5.74) is 4.37. The van der Waals surface area contributed by atoms with Crippen molar-refractivity contribution in [3.05, 3.63) is 95.9 Å². The van der Waals surface area contributed by atoms with Crippen molar-refractivity contribution in [2.75, 3.05) is 10.6 Å². The van der Waals surface area contributed by atoms with Crippen molar-refractivity contribution in [2.24, 2.45) is 0 Å². The maximum Gasteiger partial charge on any atom is 0.319 e. The van der Waals surface area contributed by atoms with Gasteiger partial charge in [-0.05, 0) is 55.3 Å². The Morgan fingerprint density at radius 1 is 0.968 bits per heavy atom. The number of carbonyl (C=O) groups excluding carboxylic acids is 2. The van der Waals surface area contributed by atoms with Crippen LogP contribution in [0.5, 0.6) is 0 Å². The molecule has 156 valence electrons. The Hall–Kier alpha value is -4.13. The Morgan fingerprint density at radius 3 is 2.55 bits per heavy atom. The topological polar surface area (TPSA) is 87.5 Å². The van der Waals surface area contributed by atoms with Gasteiger partial charge in [-0.3, -0.25) is 9.20 Å². The number of nitrogens with zero attached hydrogens (tertiary/aromatic N) is 2. The highest BCUT2D eigenvalue weighted by Gasteiger charge is 2.15. The average molecular weight is 413 g/mol. The van der Waals surface area contributed by atoms with Crippen LogP contribution < -0.4 is 16.0 Å².